The quantitative estimate of drug-likeness (QED) is 0.513. The van der Waals surface area contributed by atoms with Gasteiger partial charge in [-0.05, 0) is 49.1 Å². The lowest BCUT2D eigenvalue weighted by atomic mass is 9.84. The summed E-state index contributed by atoms with van der Waals surface area (Å²) in [4.78, 5) is 31.1. The summed E-state index contributed by atoms with van der Waals surface area (Å²) in [5.41, 5.74) is 2.94. The van der Waals surface area contributed by atoms with Gasteiger partial charge in [-0.25, -0.2) is 0 Å². The molecule has 6 heteroatoms. The Hall–Kier alpha value is -3.64. The largest absolute Gasteiger partial charge is 0.480 e. The smallest absolute Gasteiger partial charge is 0.323 e. The third kappa shape index (κ3) is 4.86. The summed E-state index contributed by atoms with van der Waals surface area (Å²) < 4.78 is 0. The van der Waals surface area contributed by atoms with E-state index in [2.05, 4.69) is 70.5 Å². The number of benzene rings is 3. The summed E-state index contributed by atoms with van der Waals surface area (Å²) >= 11 is 0. The molecule has 0 bridgehead atoms. The number of nitrogens with zero attached hydrogens (tertiary/aromatic N) is 3. The normalized spacial score (nSPS) is 17.8. The fourth-order valence-electron chi connectivity index (χ4n) is 5.84. The average Bonchev–Trinajstić information content (AvgIpc) is 3.17. The van der Waals surface area contributed by atoms with E-state index in [1.807, 2.05) is 30.3 Å². The number of hydrogen-bond donors (Lipinski definition) is 1. The molecule has 0 atom stereocenters. The maximum atomic E-state index is 13.5. The van der Waals surface area contributed by atoms with Crippen molar-refractivity contribution in [3.63, 3.8) is 0 Å². The summed E-state index contributed by atoms with van der Waals surface area (Å²) in [5.74, 6) is -0.707. The van der Waals surface area contributed by atoms with E-state index < -0.39 is 11.5 Å². The first kappa shape index (κ1) is 24.1. The van der Waals surface area contributed by atoms with E-state index in [0.717, 1.165) is 31.7 Å². The van der Waals surface area contributed by atoms with Crippen LogP contribution in [0.3, 0.4) is 0 Å². The SMILES string of the molecule is O=C(O)CN1CN(c2ccccc2)C2(CCN(CCC(c3ccccc3)c3ccccc3)CC2)C1=O. The van der Waals surface area contributed by atoms with Crippen molar-refractivity contribution in [2.75, 3.05) is 37.7 Å². The molecule has 2 aliphatic rings. The molecule has 6 nitrogen and oxygen atoms in total. The van der Waals surface area contributed by atoms with Gasteiger partial charge in [0, 0.05) is 24.7 Å². The minimum atomic E-state index is -0.973. The van der Waals surface area contributed by atoms with E-state index in [4.69, 9.17) is 0 Å². The predicted molar refractivity (Wildman–Crippen MR) is 141 cm³/mol. The molecule has 0 radical (unpaired) electrons. The van der Waals surface area contributed by atoms with Crippen LogP contribution in [0.1, 0.15) is 36.3 Å². The molecule has 2 fully saturated rings. The average molecular weight is 484 g/mol. The molecule has 0 unspecified atom stereocenters. The van der Waals surface area contributed by atoms with Gasteiger partial charge in [-0.15, -0.1) is 0 Å². The van der Waals surface area contributed by atoms with Crippen LogP contribution in [0.15, 0.2) is 91.0 Å². The van der Waals surface area contributed by atoms with Gasteiger partial charge < -0.3 is 19.8 Å². The molecule has 0 aromatic heterocycles. The second kappa shape index (κ2) is 10.5. The van der Waals surface area contributed by atoms with Crippen LogP contribution in [-0.2, 0) is 9.59 Å². The molecule has 1 N–H and O–H groups in total. The summed E-state index contributed by atoms with van der Waals surface area (Å²) in [7, 11) is 0. The van der Waals surface area contributed by atoms with Crippen molar-refractivity contribution in [2.24, 2.45) is 0 Å². The molecular formula is C30H33N3O3. The van der Waals surface area contributed by atoms with Gasteiger partial charge in [0.15, 0.2) is 0 Å². The van der Waals surface area contributed by atoms with Gasteiger partial charge in [-0.2, -0.15) is 0 Å². The number of hydrogen-bond acceptors (Lipinski definition) is 4. The number of likely N-dealkylation sites (tertiary alicyclic amines) is 1. The van der Waals surface area contributed by atoms with E-state index in [1.54, 1.807) is 0 Å². The van der Waals surface area contributed by atoms with E-state index in [0.29, 0.717) is 25.4 Å². The number of carbonyl (C=O) groups is 2. The third-order valence-corrected chi connectivity index (χ3v) is 7.73. The van der Waals surface area contributed by atoms with Gasteiger partial charge in [0.1, 0.15) is 12.1 Å². The Morgan fingerprint density at radius 3 is 1.89 bits per heavy atom. The van der Waals surface area contributed by atoms with Crippen molar-refractivity contribution in [1.82, 2.24) is 9.80 Å². The number of para-hydroxylation sites is 1. The molecule has 0 saturated carbocycles. The van der Waals surface area contributed by atoms with Gasteiger partial charge in [0.2, 0.25) is 0 Å². The molecule has 3 aromatic rings. The minimum absolute atomic E-state index is 0.0557. The highest BCUT2D eigenvalue weighted by Gasteiger charge is 2.53. The lowest BCUT2D eigenvalue weighted by Crippen LogP contribution is -2.56. The Labute approximate surface area is 212 Å². The first-order valence-corrected chi connectivity index (χ1v) is 12.7. The molecule has 36 heavy (non-hydrogen) atoms. The Morgan fingerprint density at radius 1 is 0.833 bits per heavy atom. The van der Waals surface area contributed by atoms with Crippen LogP contribution >= 0.6 is 0 Å². The highest BCUT2D eigenvalue weighted by molar-refractivity contribution is 5.95. The number of carboxylic acid groups (broad SMARTS) is 1. The number of aliphatic carboxylic acids is 1. The van der Waals surface area contributed by atoms with Crippen LogP contribution in [0.2, 0.25) is 0 Å². The molecule has 3 aromatic carbocycles. The van der Waals surface area contributed by atoms with Gasteiger partial charge >= 0.3 is 5.97 Å². The van der Waals surface area contributed by atoms with Gasteiger partial charge in [-0.1, -0.05) is 78.9 Å². The summed E-state index contributed by atoms with van der Waals surface area (Å²) in [5, 5.41) is 9.37. The number of amides is 1. The molecule has 1 spiro atoms. The molecule has 2 saturated heterocycles. The molecule has 0 aliphatic carbocycles. The predicted octanol–water partition coefficient (Wildman–Crippen LogP) is 4.43. The van der Waals surface area contributed by atoms with Crippen LogP contribution in [-0.4, -0.2) is 65.2 Å². The summed E-state index contributed by atoms with van der Waals surface area (Å²) in [6.07, 6.45) is 2.39. The fraction of sp³-hybridized carbons (Fsp3) is 0.333. The molecule has 2 aliphatic heterocycles. The minimum Gasteiger partial charge on any atom is -0.480 e. The zero-order valence-electron chi connectivity index (χ0n) is 20.5. The van der Waals surface area contributed by atoms with Crippen LogP contribution in [0.4, 0.5) is 5.69 Å². The number of carbonyl (C=O) groups excluding carboxylic acids is 1. The van der Waals surface area contributed by atoms with Crippen LogP contribution in [0.25, 0.3) is 0 Å². The Morgan fingerprint density at radius 2 is 1.36 bits per heavy atom. The fourth-order valence-corrected chi connectivity index (χ4v) is 5.84. The molecule has 186 valence electrons. The standard InChI is InChI=1S/C30H33N3O3/c34-28(35)22-32-23-33(26-14-8-3-9-15-26)30(29(32)36)17-20-31(21-18-30)19-16-27(24-10-4-1-5-11-24)25-12-6-2-7-13-25/h1-15,27H,16-23H2,(H,34,35). The van der Waals surface area contributed by atoms with Gasteiger partial charge in [0.05, 0.1) is 6.67 Å². The maximum Gasteiger partial charge on any atom is 0.323 e. The molecular weight excluding hydrogens is 450 g/mol. The number of carboxylic acids is 1. The van der Waals surface area contributed by atoms with Gasteiger partial charge in [0.25, 0.3) is 5.91 Å². The van der Waals surface area contributed by atoms with Crippen molar-refractivity contribution in [3.8, 4) is 0 Å². The highest BCUT2D eigenvalue weighted by Crippen LogP contribution is 2.39. The van der Waals surface area contributed by atoms with Gasteiger partial charge in [-0.3, -0.25) is 9.59 Å². The molecule has 2 heterocycles. The van der Waals surface area contributed by atoms with E-state index in [-0.39, 0.29) is 12.5 Å². The topological polar surface area (TPSA) is 64.1 Å². The first-order chi connectivity index (χ1) is 17.6. The Kier molecular flexibility index (Phi) is 7.05. The Bertz CT molecular complexity index is 1120. The number of rotatable bonds is 8. The van der Waals surface area contributed by atoms with Crippen LogP contribution in [0.5, 0.6) is 0 Å². The third-order valence-electron chi connectivity index (χ3n) is 7.73. The number of piperidine rings is 1. The lowest BCUT2D eigenvalue weighted by molar-refractivity contribution is -0.144. The zero-order valence-corrected chi connectivity index (χ0v) is 20.5. The first-order valence-electron chi connectivity index (χ1n) is 12.7. The van der Waals surface area contributed by atoms with E-state index in [1.165, 1.54) is 16.0 Å². The van der Waals surface area contributed by atoms with Crippen molar-refractivity contribution < 1.29 is 14.7 Å². The van der Waals surface area contributed by atoms with Crippen LogP contribution < -0.4 is 4.90 Å². The summed E-state index contributed by atoms with van der Waals surface area (Å²) in [6.45, 7) is 2.63. The Balaban J connectivity index is 1.30. The van der Waals surface area contributed by atoms with Crippen molar-refractivity contribution in [3.05, 3.63) is 102 Å². The van der Waals surface area contributed by atoms with E-state index >= 15 is 0 Å². The summed E-state index contributed by atoms with van der Waals surface area (Å²) in [6, 6.07) is 31.2. The van der Waals surface area contributed by atoms with Crippen molar-refractivity contribution in [2.45, 2.75) is 30.7 Å². The zero-order chi connectivity index (χ0) is 25.0. The van der Waals surface area contributed by atoms with Crippen molar-refractivity contribution >= 4 is 17.6 Å². The van der Waals surface area contributed by atoms with Crippen LogP contribution in [0, 0.1) is 0 Å². The molecule has 5 rings (SSSR count). The monoisotopic (exact) mass is 483 g/mol. The number of anilines is 1. The highest BCUT2D eigenvalue weighted by atomic mass is 16.4. The van der Waals surface area contributed by atoms with Crippen molar-refractivity contribution in [1.29, 1.82) is 0 Å². The second-order valence-electron chi connectivity index (χ2n) is 9.84. The lowest BCUT2D eigenvalue weighted by Gasteiger charge is -2.43. The second-order valence-corrected chi connectivity index (χ2v) is 9.84. The van der Waals surface area contributed by atoms with E-state index in [9.17, 15) is 14.7 Å². The molecule has 1 amide bonds. The maximum absolute atomic E-state index is 13.5.